The highest BCUT2D eigenvalue weighted by Crippen LogP contribution is 2.43. The van der Waals surface area contributed by atoms with Crippen LogP contribution in [0.4, 0.5) is 0 Å². The summed E-state index contributed by atoms with van der Waals surface area (Å²) < 4.78 is 5.55. The molecule has 18 heavy (non-hydrogen) atoms. The van der Waals surface area contributed by atoms with Crippen molar-refractivity contribution in [3.05, 3.63) is 29.8 Å². The number of hydrogen-bond acceptors (Lipinski definition) is 1. The average Bonchev–Trinajstić information content (AvgIpc) is 2.24. The van der Waals surface area contributed by atoms with E-state index in [1.807, 2.05) is 0 Å². The minimum absolute atomic E-state index is 0.275. The number of halogens is 1. The summed E-state index contributed by atoms with van der Waals surface area (Å²) in [4.78, 5) is 0. The molecule has 0 amide bonds. The predicted molar refractivity (Wildman–Crippen MR) is 87.9 cm³/mol. The Labute approximate surface area is 125 Å². The van der Waals surface area contributed by atoms with Gasteiger partial charge in [-0.1, -0.05) is 69.3 Å². The molecule has 0 aliphatic rings. The molecule has 0 aromatic heterocycles. The number of methoxy groups -OCH3 is 1. The van der Waals surface area contributed by atoms with Gasteiger partial charge in [0.1, 0.15) is 5.75 Å². The Hall–Kier alpha value is -0.250. The van der Waals surface area contributed by atoms with Crippen molar-refractivity contribution in [3.63, 3.8) is 0 Å². The highest BCUT2D eigenvalue weighted by Gasteiger charge is 2.30. The van der Waals surface area contributed by atoms with Gasteiger partial charge in [0.2, 0.25) is 0 Å². The van der Waals surface area contributed by atoms with Crippen LogP contribution in [0.2, 0.25) is 0 Å². The van der Waals surface area contributed by atoms with Crippen LogP contribution in [0, 0.1) is 5.41 Å². The minimum atomic E-state index is 0.275. The number of alkyl halides is 1. The van der Waals surface area contributed by atoms with Gasteiger partial charge in [-0.05, 0) is 35.4 Å². The number of hydrogen-bond donors (Lipinski definition) is 0. The first-order chi connectivity index (χ1) is 8.13. The second-order valence-corrected chi connectivity index (χ2v) is 9.53. The molecule has 0 N–H and O–H groups in total. The van der Waals surface area contributed by atoms with Gasteiger partial charge < -0.3 is 4.74 Å². The van der Waals surface area contributed by atoms with Gasteiger partial charge in [-0.2, -0.15) is 0 Å². The standard InChI is InChI=1S/C16H25IO/c1-15(2,3)14(11-16(4,5)17)12-7-9-13(18-6)10-8-12/h7-10,14H,11H2,1-6H3. The third kappa shape index (κ3) is 4.79. The summed E-state index contributed by atoms with van der Waals surface area (Å²) in [6.07, 6.45) is 1.18. The Bertz CT molecular complexity index is 368. The summed E-state index contributed by atoms with van der Waals surface area (Å²) in [5.41, 5.74) is 1.69. The first kappa shape index (κ1) is 15.8. The summed E-state index contributed by atoms with van der Waals surface area (Å²) in [5, 5.41) is 0. The molecule has 1 atom stereocenters. The molecule has 1 nitrogen and oxygen atoms in total. The Morgan fingerprint density at radius 2 is 1.56 bits per heavy atom. The van der Waals surface area contributed by atoms with Crippen LogP contribution < -0.4 is 4.74 Å². The van der Waals surface area contributed by atoms with Gasteiger partial charge in [0.15, 0.2) is 0 Å². The van der Waals surface area contributed by atoms with Crippen molar-refractivity contribution in [3.8, 4) is 5.75 Å². The molecular formula is C16H25IO. The molecule has 0 radical (unpaired) electrons. The van der Waals surface area contributed by atoms with Crippen LogP contribution in [-0.2, 0) is 0 Å². The molecule has 0 spiro atoms. The van der Waals surface area contributed by atoms with Gasteiger partial charge in [-0.25, -0.2) is 0 Å². The van der Waals surface area contributed by atoms with Gasteiger partial charge >= 0.3 is 0 Å². The number of rotatable bonds is 4. The number of benzene rings is 1. The summed E-state index contributed by atoms with van der Waals surface area (Å²) in [7, 11) is 1.71. The van der Waals surface area contributed by atoms with E-state index in [0.717, 1.165) is 5.75 Å². The predicted octanol–water partition coefficient (Wildman–Crippen LogP) is 5.43. The zero-order valence-corrected chi connectivity index (χ0v) is 14.5. The lowest BCUT2D eigenvalue weighted by Crippen LogP contribution is -2.25. The fourth-order valence-corrected chi connectivity index (χ4v) is 2.69. The van der Waals surface area contributed by atoms with Crippen molar-refractivity contribution in [1.29, 1.82) is 0 Å². The first-order valence-electron chi connectivity index (χ1n) is 6.46. The molecule has 1 aromatic carbocycles. The SMILES string of the molecule is COc1ccc(C(CC(C)(C)I)C(C)(C)C)cc1. The van der Waals surface area contributed by atoms with E-state index in [1.165, 1.54) is 12.0 Å². The van der Waals surface area contributed by atoms with E-state index >= 15 is 0 Å². The second kappa shape index (κ2) is 5.81. The zero-order valence-electron chi connectivity index (χ0n) is 12.4. The van der Waals surface area contributed by atoms with E-state index in [0.29, 0.717) is 9.34 Å². The van der Waals surface area contributed by atoms with E-state index in [2.05, 4.69) is 81.5 Å². The maximum Gasteiger partial charge on any atom is 0.118 e. The Morgan fingerprint density at radius 3 is 1.89 bits per heavy atom. The molecular weight excluding hydrogens is 335 g/mol. The molecule has 102 valence electrons. The highest BCUT2D eigenvalue weighted by molar-refractivity contribution is 14.1. The van der Waals surface area contributed by atoms with Gasteiger partial charge in [-0.3, -0.25) is 0 Å². The van der Waals surface area contributed by atoms with E-state index in [1.54, 1.807) is 7.11 Å². The minimum Gasteiger partial charge on any atom is -0.497 e. The van der Waals surface area contributed by atoms with Gasteiger partial charge in [0, 0.05) is 3.42 Å². The lowest BCUT2D eigenvalue weighted by Gasteiger charge is -2.35. The van der Waals surface area contributed by atoms with Crippen LogP contribution in [0.1, 0.15) is 52.5 Å². The molecule has 0 fully saturated rings. The topological polar surface area (TPSA) is 9.23 Å². The van der Waals surface area contributed by atoms with Crippen molar-refractivity contribution in [2.75, 3.05) is 7.11 Å². The summed E-state index contributed by atoms with van der Waals surface area (Å²) in [6.45, 7) is 11.6. The monoisotopic (exact) mass is 360 g/mol. The first-order valence-corrected chi connectivity index (χ1v) is 7.54. The van der Waals surface area contributed by atoms with Crippen LogP contribution in [0.3, 0.4) is 0 Å². The second-order valence-electron chi connectivity index (χ2n) is 6.61. The van der Waals surface area contributed by atoms with E-state index in [9.17, 15) is 0 Å². The van der Waals surface area contributed by atoms with Gasteiger partial charge in [0.25, 0.3) is 0 Å². The van der Waals surface area contributed by atoms with Crippen LogP contribution in [0.15, 0.2) is 24.3 Å². The zero-order chi connectivity index (χ0) is 14.0. The summed E-state index contributed by atoms with van der Waals surface area (Å²) >= 11 is 2.55. The third-order valence-electron chi connectivity index (χ3n) is 3.25. The van der Waals surface area contributed by atoms with Crippen molar-refractivity contribution in [2.24, 2.45) is 5.41 Å². The summed E-state index contributed by atoms with van der Waals surface area (Å²) in [6, 6.07) is 8.54. The van der Waals surface area contributed by atoms with Gasteiger partial charge in [0.05, 0.1) is 7.11 Å². The maximum atomic E-state index is 5.23. The van der Waals surface area contributed by atoms with Crippen LogP contribution in [-0.4, -0.2) is 10.5 Å². The molecule has 0 bridgehead atoms. The average molecular weight is 360 g/mol. The molecule has 0 saturated heterocycles. The van der Waals surface area contributed by atoms with Crippen molar-refractivity contribution < 1.29 is 4.74 Å². The fraction of sp³-hybridized carbons (Fsp3) is 0.625. The van der Waals surface area contributed by atoms with Crippen molar-refractivity contribution in [1.82, 2.24) is 0 Å². The Kier molecular flexibility index (Phi) is 5.10. The lowest BCUT2D eigenvalue weighted by atomic mass is 9.72. The van der Waals surface area contributed by atoms with Crippen molar-refractivity contribution in [2.45, 2.75) is 50.4 Å². The van der Waals surface area contributed by atoms with E-state index in [4.69, 9.17) is 4.74 Å². The van der Waals surface area contributed by atoms with Crippen LogP contribution in [0.25, 0.3) is 0 Å². The molecule has 0 saturated carbocycles. The molecule has 0 aliphatic carbocycles. The maximum absolute atomic E-state index is 5.23. The smallest absolute Gasteiger partial charge is 0.118 e. The lowest BCUT2D eigenvalue weighted by molar-refractivity contribution is 0.292. The third-order valence-corrected chi connectivity index (χ3v) is 3.69. The normalized spacial score (nSPS) is 14.4. The van der Waals surface area contributed by atoms with E-state index < -0.39 is 0 Å². The largest absolute Gasteiger partial charge is 0.497 e. The van der Waals surface area contributed by atoms with Crippen LogP contribution in [0.5, 0.6) is 5.75 Å². The molecule has 1 unspecified atom stereocenters. The van der Waals surface area contributed by atoms with Crippen LogP contribution >= 0.6 is 22.6 Å². The number of ether oxygens (including phenoxy) is 1. The quantitative estimate of drug-likeness (QED) is 0.514. The van der Waals surface area contributed by atoms with Crippen molar-refractivity contribution >= 4 is 22.6 Å². The van der Waals surface area contributed by atoms with E-state index in [-0.39, 0.29) is 5.41 Å². The molecule has 0 heterocycles. The molecule has 2 heteroatoms. The van der Waals surface area contributed by atoms with Gasteiger partial charge in [-0.15, -0.1) is 0 Å². The fourth-order valence-electron chi connectivity index (χ4n) is 2.25. The summed E-state index contributed by atoms with van der Waals surface area (Å²) in [5.74, 6) is 1.50. The molecule has 0 aliphatic heterocycles. The molecule has 1 aromatic rings. The highest BCUT2D eigenvalue weighted by atomic mass is 127. The Morgan fingerprint density at radius 1 is 1.06 bits per heavy atom. The molecule has 1 rings (SSSR count). The Balaban J connectivity index is 3.02.